The number of rotatable bonds is 4. The van der Waals surface area contributed by atoms with Crippen LogP contribution in [-0.2, 0) is 6.42 Å². The van der Waals surface area contributed by atoms with Crippen molar-refractivity contribution in [3.8, 4) is 28.4 Å². The highest BCUT2D eigenvalue weighted by Gasteiger charge is 2.23. The number of anilines is 1. The molecule has 1 N–H and O–H groups in total. The van der Waals surface area contributed by atoms with Crippen molar-refractivity contribution >= 4 is 5.82 Å². The standard InChI is InChI=1S/C21H23N3O2/c1-25-16-12-10-15(11-13-16)24-21-18(8-5-6-14-22-21)20(23-24)17-7-3-4-9-19(17)26-2/h3-4,7,9-13,22H,5-6,8,14H2,1-2H3. The van der Waals surface area contributed by atoms with Crippen LogP contribution in [0.2, 0.25) is 0 Å². The van der Waals surface area contributed by atoms with Gasteiger partial charge in [-0.05, 0) is 55.7 Å². The average molecular weight is 349 g/mol. The van der Waals surface area contributed by atoms with Gasteiger partial charge in [-0.25, -0.2) is 4.68 Å². The minimum atomic E-state index is 0.838. The van der Waals surface area contributed by atoms with E-state index in [9.17, 15) is 0 Å². The van der Waals surface area contributed by atoms with E-state index in [0.29, 0.717) is 0 Å². The van der Waals surface area contributed by atoms with E-state index in [-0.39, 0.29) is 0 Å². The van der Waals surface area contributed by atoms with Gasteiger partial charge in [0.15, 0.2) is 0 Å². The van der Waals surface area contributed by atoms with E-state index in [1.54, 1.807) is 14.2 Å². The molecule has 134 valence electrons. The van der Waals surface area contributed by atoms with Crippen LogP contribution >= 0.6 is 0 Å². The van der Waals surface area contributed by atoms with Crippen molar-refractivity contribution in [1.82, 2.24) is 9.78 Å². The molecule has 0 fully saturated rings. The minimum absolute atomic E-state index is 0.838. The van der Waals surface area contributed by atoms with E-state index >= 15 is 0 Å². The molecule has 0 aliphatic carbocycles. The summed E-state index contributed by atoms with van der Waals surface area (Å²) in [6.07, 6.45) is 3.31. The van der Waals surface area contributed by atoms with E-state index in [4.69, 9.17) is 14.6 Å². The smallest absolute Gasteiger partial charge is 0.133 e. The number of nitrogens with one attached hydrogen (secondary N) is 1. The van der Waals surface area contributed by atoms with E-state index in [0.717, 1.165) is 60.1 Å². The Hall–Kier alpha value is -2.95. The molecule has 0 amide bonds. The molecular formula is C21H23N3O2. The van der Waals surface area contributed by atoms with Gasteiger partial charge in [0, 0.05) is 17.7 Å². The van der Waals surface area contributed by atoms with Crippen molar-refractivity contribution in [2.24, 2.45) is 0 Å². The third-order valence-corrected chi connectivity index (χ3v) is 4.81. The Balaban J connectivity index is 1.88. The molecule has 1 aromatic heterocycles. The summed E-state index contributed by atoms with van der Waals surface area (Å²) in [4.78, 5) is 0. The SMILES string of the molecule is COc1ccc(-n2nc(-c3ccccc3OC)c3c2NCCCC3)cc1. The number of hydrogen-bond acceptors (Lipinski definition) is 4. The zero-order valence-corrected chi connectivity index (χ0v) is 15.2. The zero-order valence-electron chi connectivity index (χ0n) is 15.2. The molecule has 0 saturated carbocycles. The minimum Gasteiger partial charge on any atom is -0.497 e. The monoisotopic (exact) mass is 349 g/mol. The van der Waals surface area contributed by atoms with Gasteiger partial charge < -0.3 is 14.8 Å². The van der Waals surface area contributed by atoms with Crippen molar-refractivity contribution in [3.05, 3.63) is 54.1 Å². The van der Waals surface area contributed by atoms with Crippen molar-refractivity contribution in [1.29, 1.82) is 0 Å². The zero-order chi connectivity index (χ0) is 17.9. The molecule has 0 atom stereocenters. The van der Waals surface area contributed by atoms with Gasteiger partial charge in [0.05, 0.1) is 19.9 Å². The van der Waals surface area contributed by atoms with E-state index in [2.05, 4.69) is 11.4 Å². The molecule has 5 nitrogen and oxygen atoms in total. The highest BCUT2D eigenvalue weighted by molar-refractivity contribution is 5.75. The van der Waals surface area contributed by atoms with Crippen molar-refractivity contribution in [2.45, 2.75) is 19.3 Å². The van der Waals surface area contributed by atoms with Crippen molar-refractivity contribution in [2.75, 3.05) is 26.1 Å². The maximum atomic E-state index is 5.58. The summed E-state index contributed by atoms with van der Waals surface area (Å²) in [5.74, 6) is 2.76. The van der Waals surface area contributed by atoms with Crippen molar-refractivity contribution < 1.29 is 9.47 Å². The molecule has 0 spiro atoms. The van der Waals surface area contributed by atoms with Crippen LogP contribution in [0.25, 0.3) is 16.9 Å². The third-order valence-electron chi connectivity index (χ3n) is 4.81. The number of fused-ring (bicyclic) bond motifs is 1. The third kappa shape index (κ3) is 2.90. The first kappa shape index (κ1) is 16.5. The number of benzene rings is 2. The maximum Gasteiger partial charge on any atom is 0.133 e. The molecule has 2 heterocycles. The van der Waals surface area contributed by atoms with Gasteiger partial charge in [0.1, 0.15) is 23.0 Å². The lowest BCUT2D eigenvalue weighted by molar-refractivity contribution is 0.414. The number of hydrogen-bond donors (Lipinski definition) is 1. The second-order valence-corrected chi connectivity index (χ2v) is 6.37. The van der Waals surface area contributed by atoms with Crippen LogP contribution in [0.15, 0.2) is 48.5 Å². The first-order valence-corrected chi connectivity index (χ1v) is 8.95. The Morgan fingerprint density at radius 3 is 2.54 bits per heavy atom. The molecule has 1 aliphatic heterocycles. The molecule has 26 heavy (non-hydrogen) atoms. The van der Waals surface area contributed by atoms with E-state index < -0.39 is 0 Å². The highest BCUT2D eigenvalue weighted by atomic mass is 16.5. The highest BCUT2D eigenvalue weighted by Crippen LogP contribution is 2.37. The van der Waals surface area contributed by atoms with Crippen LogP contribution in [0.1, 0.15) is 18.4 Å². The van der Waals surface area contributed by atoms with Crippen LogP contribution in [0, 0.1) is 0 Å². The number of methoxy groups -OCH3 is 2. The van der Waals surface area contributed by atoms with Gasteiger partial charge in [-0.2, -0.15) is 5.10 Å². The fourth-order valence-corrected chi connectivity index (χ4v) is 3.47. The van der Waals surface area contributed by atoms with Gasteiger partial charge in [-0.15, -0.1) is 0 Å². The van der Waals surface area contributed by atoms with E-state index in [1.165, 1.54) is 5.56 Å². The second-order valence-electron chi connectivity index (χ2n) is 6.37. The predicted molar refractivity (Wildman–Crippen MR) is 104 cm³/mol. The molecule has 2 aromatic carbocycles. The van der Waals surface area contributed by atoms with Crippen LogP contribution in [-0.4, -0.2) is 30.5 Å². The van der Waals surface area contributed by atoms with Gasteiger partial charge in [0.2, 0.25) is 0 Å². The molecule has 0 unspecified atom stereocenters. The molecular weight excluding hydrogens is 326 g/mol. The molecule has 5 heteroatoms. The second kappa shape index (κ2) is 7.12. The predicted octanol–water partition coefficient (Wildman–Crippen LogP) is 4.30. The Kier molecular flexibility index (Phi) is 4.52. The fraction of sp³-hybridized carbons (Fsp3) is 0.286. The molecule has 4 rings (SSSR count). The first-order valence-electron chi connectivity index (χ1n) is 8.95. The molecule has 0 bridgehead atoms. The molecule has 0 radical (unpaired) electrons. The lowest BCUT2D eigenvalue weighted by Crippen LogP contribution is -2.07. The number of nitrogens with zero attached hydrogens (tertiary/aromatic N) is 2. The summed E-state index contributed by atoms with van der Waals surface area (Å²) in [6.45, 7) is 0.959. The summed E-state index contributed by atoms with van der Waals surface area (Å²) in [6, 6.07) is 16.1. The number of ether oxygens (including phenoxy) is 2. The topological polar surface area (TPSA) is 48.3 Å². The number of para-hydroxylation sites is 1. The lowest BCUT2D eigenvalue weighted by Gasteiger charge is -2.09. The normalized spacial score (nSPS) is 13.5. The van der Waals surface area contributed by atoms with Crippen LogP contribution in [0.3, 0.4) is 0 Å². The van der Waals surface area contributed by atoms with Gasteiger partial charge in [-0.3, -0.25) is 0 Å². The molecule has 0 saturated heterocycles. The van der Waals surface area contributed by atoms with E-state index in [1.807, 2.05) is 47.1 Å². The molecule has 3 aromatic rings. The van der Waals surface area contributed by atoms with Crippen LogP contribution < -0.4 is 14.8 Å². The Bertz CT molecular complexity index is 900. The van der Waals surface area contributed by atoms with Crippen molar-refractivity contribution in [3.63, 3.8) is 0 Å². The first-order chi connectivity index (χ1) is 12.8. The summed E-state index contributed by atoms with van der Waals surface area (Å²) < 4.78 is 12.9. The van der Waals surface area contributed by atoms with Crippen LogP contribution in [0.5, 0.6) is 11.5 Å². The summed E-state index contributed by atoms with van der Waals surface area (Å²) in [7, 11) is 3.38. The fourth-order valence-electron chi connectivity index (χ4n) is 3.47. The summed E-state index contributed by atoms with van der Waals surface area (Å²) >= 11 is 0. The summed E-state index contributed by atoms with van der Waals surface area (Å²) in [5, 5.41) is 8.55. The Labute approximate surface area is 153 Å². The Morgan fingerprint density at radius 1 is 0.962 bits per heavy atom. The largest absolute Gasteiger partial charge is 0.497 e. The lowest BCUT2D eigenvalue weighted by atomic mass is 10.0. The maximum absolute atomic E-state index is 5.58. The van der Waals surface area contributed by atoms with Gasteiger partial charge in [0.25, 0.3) is 0 Å². The molecule has 1 aliphatic rings. The quantitative estimate of drug-likeness (QED) is 0.763. The van der Waals surface area contributed by atoms with Crippen LogP contribution in [0.4, 0.5) is 5.82 Å². The van der Waals surface area contributed by atoms with Gasteiger partial charge in [-0.1, -0.05) is 12.1 Å². The summed E-state index contributed by atoms with van der Waals surface area (Å²) in [5.41, 5.74) is 4.28. The average Bonchev–Trinajstić information content (AvgIpc) is 2.88. The van der Waals surface area contributed by atoms with Gasteiger partial charge >= 0.3 is 0 Å². The Morgan fingerprint density at radius 2 is 1.77 bits per heavy atom. The number of aromatic nitrogens is 2.